The summed E-state index contributed by atoms with van der Waals surface area (Å²) in [6.45, 7) is 2.23. The van der Waals surface area contributed by atoms with E-state index in [1.54, 1.807) is 18.2 Å². The van der Waals surface area contributed by atoms with Gasteiger partial charge in [0.2, 0.25) is 0 Å². The molecule has 4 aromatic carbocycles. The fourth-order valence-electron chi connectivity index (χ4n) is 4.55. The van der Waals surface area contributed by atoms with Crippen LogP contribution in [0.5, 0.6) is 5.75 Å². The molecule has 0 aliphatic heterocycles. The molecule has 0 aliphatic carbocycles. The highest BCUT2D eigenvalue weighted by Crippen LogP contribution is 2.33. The average Bonchev–Trinajstić information content (AvgIpc) is 2.86. The number of hydrogen-bond donors (Lipinski definition) is 0. The fourth-order valence-corrected chi connectivity index (χ4v) is 4.55. The number of rotatable bonds is 10. The monoisotopic (exact) mass is 476 g/mol. The van der Waals surface area contributed by atoms with Crippen LogP contribution in [0.4, 0.5) is 13.2 Å². The van der Waals surface area contributed by atoms with Crippen molar-refractivity contribution in [3.05, 3.63) is 101 Å². The number of halogens is 3. The first-order valence-electron chi connectivity index (χ1n) is 12.3. The minimum Gasteiger partial charge on any atom is -0.491 e. The molecule has 0 saturated carbocycles. The lowest BCUT2D eigenvalue weighted by Gasteiger charge is -2.11. The topological polar surface area (TPSA) is 9.23 Å². The molecule has 4 heteroatoms. The van der Waals surface area contributed by atoms with E-state index < -0.39 is 23.2 Å². The van der Waals surface area contributed by atoms with Crippen LogP contribution < -0.4 is 4.74 Å². The lowest BCUT2D eigenvalue weighted by Crippen LogP contribution is -1.96. The number of aryl methyl sites for hydroxylation is 3. The molecule has 0 aromatic heterocycles. The highest BCUT2D eigenvalue weighted by atomic mass is 19.1. The molecule has 0 unspecified atom stereocenters. The maximum atomic E-state index is 15.3. The van der Waals surface area contributed by atoms with Crippen LogP contribution in [0, 0.1) is 17.5 Å². The summed E-state index contributed by atoms with van der Waals surface area (Å²) >= 11 is 0. The summed E-state index contributed by atoms with van der Waals surface area (Å²) in [7, 11) is 1.19. The predicted molar refractivity (Wildman–Crippen MR) is 138 cm³/mol. The van der Waals surface area contributed by atoms with Gasteiger partial charge in [-0.1, -0.05) is 80.8 Å². The summed E-state index contributed by atoms with van der Waals surface area (Å²) in [5.74, 6) is -2.68. The third-order valence-corrected chi connectivity index (χ3v) is 6.58. The Kier molecular flexibility index (Phi) is 8.12. The largest absolute Gasteiger partial charge is 0.491 e. The SMILES string of the molecule is CCCCCCc1ccc(CCc2ccc3c(F)c(-c4cc(F)c(OC)c(F)c4)ccc3c2)cc1. The van der Waals surface area contributed by atoms with E-state index in [0.717, 1.165) is 42.3 Å². The van der Waals surface area contributed by atoms with E-state index in [1.807, 2.05) is 12.1 Å². The normalized spacial score (nSPS) is 11.2. The molecule has 0 fully saturated rings. The Morgan fingerprint density at radius 2 is 1.29 bits per heavy atom. The van der Waals surface area contributed by atoms with Crippen molar-refractivity contribution >= 4 is 10.8 Å². The Labute approximate surface area is 205 Å². The van der Waals surface area contributed by atoms with Gasteiger partial charge in [0, 0.05) is 10.9 Å². The first-order chi connectivity index (χ1) is 17.0. The van der Waals surface area contributed by atoms with Gasteiger partial charge >= 0.3 is 0 Å². The van der Waals surface area contributed by atoms with Gasteiger partial charge in [0.1, 0.15) is 5.82 Å². The Hall–Kier alpha value is -3.27. The van der Waals surface area contributed by atoms with Crippen molar-refractivity contribution in [1.29, 1.82) is 0 Å². The third-order valence-electron chi connectivity index (χ3n) is 6.58. The molecule has 35 heavy (non-hydrogen) atoms. The van der Waals surface area contributed by atoms with E-state index in [-0.39, 0.29) is 11.1 Å². The number of fused-ring (bicyclic) bond motifs is 1. The molecule has 0 saturated heterocycles. The summed E-state index contributed by atoms with van der Waals surface area (Å²) in [6.07, 6.45) is 7.98. The lowest BCUT2D eigenvalue weighted by atomic mass is 9.96. The van der Waals surface area contributed by atoms with Crippen LogP contribution in [0.15, 0.2) is 66.7 Å². The summed E-state index contributed by atoms with van der Waals surface area (Å²) in [6, 6.07) is 20.1. The first kappa shape index (κ1) is 24.8. The molecular weight excluding hydrogens is 445 g/mol. The molecule has 0 atom stereocenters. The highest BCUT2D eigenvalue weighted by molar-refractivity contribution is 5.89. The van der Waals surface area contributed by atoms with Gasteiger partial charge in [0.25, 0.3) is 0 Å². The van der Waals surface area contributed by atoms with E-state index >= 15 is 4.39 Å². The average molecular weight is 477 g/mol. The molecule has 0 amide bonds. The van der Waals surface area contributed by atoms with E-state index in [2.05, 4.69) is 31.2 Å². The number of methoxy groups -OCH3 is 1. The molecule has 182 valence electrons. The van der Waals surface area contributed by atoms with Gasteiger partial charge in [-0.05, 0) is 65.5 Å². The zero-order valence-electron chi connectivity index (χ0n) is 20.3. The van der Waals surface area contributed by atoms with Crippen LogP contribution in [0.25, 0.3) is 21.9 Å². The second-order valence-corrected chi connectivity index (χ2v) is 9.08. The number of hydrogen-bond acceptors (Lipinski definition) is 1. The van der Waals surface area contributed by atoms with Crippen molar-refractivity contribution in [3.63, 3.8) is 0 Å². The van der Waals surface area contributed by atoms with Crippen LogP contribution in [0.3, 0.4) is 0 Å². The Morgan fingerprint density at radius 3 is 1.94 bits per heavy atom. The zero-order valence-corrected chi connectivity index (χ0v) is 20.3. The standard InChI is InChI=1S/C31H31F3O/c1-3-4-5-6-7-21-8-10-22(11-9-21)12-13-23-14-16-26-24(18-23)15-17-27(30(26)34)25-19-28(32)31(35-2)29(33)20-25/h8-11,14-20H,3-7,12-13H2,1-2H3. The van der Waals surface area contributed by atoms with Crippen molar-refractivity contribution in [2.24, 2.45) is 0 Å². The van der Waals surface area contributed by atoms with Crippen LogP contribution in [-0.2, 0) is 19.3 Å². The maximum absolute atomic E-state index is 15.3. The number of unbranched alkanes of at least 4 members (excludes halogenated alkanes) is 3. The lowest BCUT2D eigenvalue weighted by molar-refractivity contribution is 0.360. The van der Waals surface area contributed by atoms with E-state index in [0.29, 0.717) is 5.39 Å². The van der Waals surface area contributed by atoms with Gasteiger partial charge < -0.3 is 4.74 Å². The number of benzene rings is 4. The summed E-state index contributed by atoms with van der Waals surface area (Å²) in [5, 5.41) is 1.19. The van der Waals surface area contributed by atoms with Crippen LogP contribution in [-0.4, -0.2) is 7.11 Å². The van der Waals surface area contributed by atoms with Gasteiger partial charge in [0.15, 0.2) is 17.4 Å². The molecule has 0 heterocycles. The Morgan fingerprint density at radius 1 is 0.657 bits per heavy atom. The van der Waals surface area contributed by atoms with E-state index in [4.69, 9.17) is 4.74 Å². The van der Waals surface area contributed by atoms with Gasteiger partial charge in [-0.3, -0.25) is 0 Å². The minimum absolute atomic E-state index is 0.137. The van der Waals surface area contributed by atoms with Gasteiger partial charge in [-0.25, -0.2) is 13.2 Å². The molecule has 1 nitrogen and oxygen atoms in total. The van der Waals surface area contributed by atoms with Gasteiger partial charge in [-0.2, -0.15) is 0 Å². The third kappa shape index (κ3) is 5.87. The van der Waals surface area contributed by atoms with Crippen molar-refractivity contribution < 1.29 is 17.9 Å². The quantitative estimate of drug-likeness (QED) is 0.208. The molecule has 0 radical (unpaired) electrons. The Balaban J connectivity index is 1.46. The van der Waals surface area contributed by atoms with Crippen molar-refractivity contribution in [3.8, 4) is 16.9 Å². The van der Waals surface area contributed by atoms with Crippen LogP contribution in [0.2, 0.25) is 0 Å². The van der Waals surface area contributed by atoms with Crippen molar-refractivity contribution in [2.45, 2.75) is 51.9 Å². The van der Waals surface area contributed by atoms with Gasteiger partial charge in [0.05, 0.1) is 7.11 Å². The highest BCUT2D eigenvalue weighted by Gasteiger charge is 2.16. The zero-order chi connectivity index (χ0) is 24.8. The number of ether oxygens (including phenoxy) is 1. The van der Waals surface area contributed by atoms with Gasteiger partial charge in [-0.15, -0.1) is 0 Å². The van der Waals surface area contributed by atoms with Crippen LogP contribution >= 0.6 is 0 Å². The molecule has 4 aromatic rings. The summed E-state index contributed by atoms with van der Waals surface area (Å²) in [5.41, 5.74) is 4.08. The summed E-state index contributed by atoms with van der Waals surface area (Å²) in [4.78, 5) is 0. The molecule has 0 aliphatic rings. The maximum Gasteiger partial charge on any atom is 0.190 e. The smallest absolute Gasteiger partial charge is 0.190 e. The second-order valence-electron chi connectivity index (χ2n) is 9.08. The van der Waals surface area contributed by atoms with E-state index in [1.165, 1.54) is 43.9 Å². The van der Waals surface area contributed by atoms with Crippen LogP contribution in [0.1, 0.15) is 49.3 Å². The fraction of sp³-hybridized carbons (Fsp3) is 0.290. The second kappa shape index (κ2) is 11.4. The molecular formula is C31H31F3O. The minimum atomic E-state index is -0.859. The summed E-state index contributed by atoms with van der Waals surface area (Å²) < 4.78 is 48.3. The van der Waals surface area contributed by atoms with Crippen molar-refractivity contribution in [1.82, 2.24) is 0 Å². The molecule has 4 rings (SSSR count). The first-order valence-corrected chi connectivity index (χ1v) is 12.3. The molecule has 0 spiro atoms. The predicted octanol–water partition coefficient (Wildman–Crippen LogP) is 8.84. The molecule has 0 N–H and O–H groups in total. The van der Waals surface area contributed by atoms with E-state index in [9.17, 15) is 8.78 Å². The molecule has 0 bridgehead atoms. The van der Waals surface area contributed by atoms with Crippen molar-refractivity contribution in [2.75, 3.05) is 7.11 Å². The Bertz CT molecular complexity index is 1270.